The van der Waals surface area contributed by atoms with E-state index in [0.29, 0.717) is 47.1 Å². The van der Waals surface area contributed by atoms with Crippen molar-refractivity contribution < 1.29 is 18.7 Å². The van der Waals surface area contributed by atoms with Crippen molar-refractivity contribution in [3.05, 3.63) is 28.1 Å². The lowest BCUT2D eigenvalue weighted by atomic mass is 10.1. The largest absolute Gasteiger partial charge is 0.444 e. The molecule has 0 saturated carbocycles. The molecule has 1 saturated heterocycles. The van der Waals surface area contributed by atoms with Gasteiger partial charge in [-0.2, -0.15) is 5.10 Å². The fourth-order valence-corrected chi connectivity index (χ4v) is 4.05. The number of amides is 2. The SMILES string of the molecule is CC(C)(C)OC(=O)N1CCN2C(=O)c3cc(F)c(Br)c4cnn(c34)C[C@H]2C1. The zero-order chi connectivity index (χ0) is 19.5. The quantitative estimate of drug-likeness (QED) is 0.633. The van der Waals surface area contributed by atoms with E-state index in [2.05, 4.69) is 21.0 Å². The highest BCUT2D eigenvalue weighted by molar-refractivity contribution is 9.10. The number of hydrogen-bond acceptors (Lipinski definition) is 4. The highest BCUT2D eigenvalue weighted by Gasteiger charge is 2.38. The summed E-state index contributed by atoms with van der Waals surface area (Å²) in [4.78, 5) is 28.8. The Kier molecular flexibility index (Phi) is 4.17. The molecular formula is C18H20BrFN4O3. The molecule has 7 nitrogen and oxygen atoms in total. The summed E-state index contributed by atoms with van der Waals surface area (Å²) in [5.74, 6) is -0.726. The number of nitrogens with zero attached hydrogens (tertiary/aromatic N) is 4. The number of halogens is 2. The lowest BCUT2D eigenvalue weighted by Gasteiger charge is -2.40. The molecule has 1 aromatic heterocycles. The Bertz CT molecular complexity index is 952. The number of fused-ring (bicyclic) bond motifs is 1. The van der Waals surface area contributed by atoms with Gasteiger partial charge in [-0.25, -0.2) is 9.18 Å². The van der Waals surface area contributed by atoms with Crippen LogP contribution in [0.2, 0.25) is 0 Å². The standard InChI is InChI=1S/C18H20BrFN4O3/c1-18(2,3)27-17(26)22-4-5-23-10(8-22)9-24-15-11(16(23)25)6-13(20)14(19)12(15)7-21-24/h6-7,10H,4-5,8-9H2,1-3H3/t10-/m1/s1. The van der Waals surface area contributed by atoms with Gasteiger partial charge in [-0.05, 0) is 42.8 Å². The van der Waals surface area contributed by atoms with Gasteiger partial charge in [0.05, 0.1) is 34.3 Å². The van der Waals surface area contributed by atoms with Crippen molar-refractivity contribution in [2.75, 3.05) is 19.6 Å². The molecule has 144 valence electrons. The summed E-state index contributed by atoms with van der Waals surface area (Å²) in [6.07, 6.45) is 1.17. The van der Waals surface area contributed by atoms with Crippen LogP contribution in [0.15, 0.2) is 16.7 Å². The van der Waals surface area contributed by atoms with Crippen molar-refractivity contribution >= 4 is 38.8 Å². The molecule has 1 aromatic carbocycles. The molecule has 2 aromatic rings. The van der Waals surface area contributed by atoms with E-state index in [4.69, 9.17) is 4.74 Å². The second kappa shape index (κ2) is 6.19. The average molecular weight is 439 g/mol. The second-order valence-corrected chi connectivity index (χ2v) is 8.68. The lowest BCUT2D eigenvalue weighted by molar-refractivity contribution is 0.00290. The van der Waals surface area contributed by atoms with E-state index in [9.17, 15) is 14.0 Å². The molecular weight excluding hydrogens is 419 g/mol. The van der Waals surface area contributed by atoms with Gasteiger partial charge in [0.2, 0.25) is 0 Å². The van der Waals surface area contributed by atoms with E-state index in [0.717, 1.165) is 0 Å². The fraction of sp³-hybridized carbons (Fsp3) is 0.500. The molecule has 0 unspecified atom stereocenters. The number of carbonyl (C=O) groups is 2. The van der Waals surface area contributed by atoms with Crippen LogP contribution in [-0.4, -0.2) is 62.9 Å². The number of benzene rings is 1. The molecule has 1 atom stereocenters. The Hall–Kier alpha value is -2.16. The molecule has 1 fully saturated rings. The molecule has 3 heterocycles. The van der Waals surface area contributed by atoms with Gasteiger partial charge in [0.25, 0.3) is 5.91 Å². The van der Waals surface area contributed by atoms with Gasteiger partial charge < -0.3 is 14.5 Å². The minimum Gasteiger partial charge on any atom is -0.444 e. The molecule has 2 aliphatic heterocycles. The van der Waals surface area contributed by atoms with Crippen LogP contribution in [0.5, 0.6) is 0 Å². The van der Waals surface area contributed by atoms with E-state index >= 15 is 0 Å². The maximum atomic E-state index is 14.3. The first-order valence-electron chi connectivity index (χ1n) is 8.78. The summed E-state index contributed by atoms with van der Waals surface area (Å²) in [6.45, 7) is 6.98. The van der Waals surface area contributed by atoms with Gasteiger partial charge >= 0.3 is 6.09 Å². The van der Waals surface area contributed by atoms with Crippen molar-refractivity contribution in [2.24, 2.45) is 0 Å². The van der Waals surface area contributed by atoms with E-state index in [1.54, 1.807) is 20.7 Å². The molecule has 2 aliphatic rings. The molecule has 0 N–H and O–H groups in total. The van der Waals surface area contributed by atoms with Crippen LogP contribution in [0.1, 0.15) is 31.1 Å². The van der Waals surface area contributed by atoms with Crippen molar-refractivity contribution in [2.45, 2.75) is 39.0 Å². The lowest BCUT2D eigenvalue weighted by Crippen LogP contribution is -2.57. The first kappa shape index (κ1) is 18.2. The third kappa shape index (κ3) is 3.07. The highest BCUT2D eigenvalue weighted by Crippen LogP contribution is 2.33. The van der Waals surface area contributed by atoms with Crippen molar-refractivity contribution in [1.29, 1.82) is 0 Å². The van der Waals surface area contributed by atoms with Gasteiger partial charge in [-0.1, -0.05) is 0 Å². The Balaban J connectivity index is 1.67. The monoisotopic (exact) mass is 438 g/mol. The first-order valence-corrected chi connectivity index (χ1v) is 9.57. The van der Waals surface area contributed by atoms with Crippen LogP contribution in [0.4, 0.5) is 9.18 Å². The van der Waals surface area contributed by atoms with Crippen molar-refractivity contribution in [1.82, 2.24) is 19.6 Å². The van der Waals surface area contributed by atoms with Gasteiger partial charge in [-0.3, -0.25) is 9.48 Å². The maximum absolute atomic E-state index is 14.3. The predicted molar refractivity (Wildman–Crippen MR) is 100 cm³/mol. The molecule has 27 heavy (non-hydrogen) atoms. The first-order chi connectivity index (χ1) is 12.7. The molecule has 0 aliphatic carbocycles. The Morgan fingerprint density at radius 1 is 1.33 bits per heavy atom. The van der Waals surface area contributed by atoms with Gasteiger partial charge in [0.15, 0.2) is 0 Å². The van der Waals surface area contributed by atoms with Crippen LogP contribution in [-0.2, 0) is 11.3 Å². The number of rotatable bonds is 0. The highest BCUT2D eigenvalue weighted by atomic mass is 79.9. The smallest absolute Gasteiger partial charge is 0.410 e. The van der Waals surface area contributed by atoms with E-state index in [-0.39, 0.29) is 11.9 Å². The van der Waals surface area contributed by atoms with Crippen LogP contribution in [0.25, 0.3) is 10.9 Å². The number of piperazine rings is 1. The summed E-state index contributed by atoms with van der Waals surface area (Å²) < 4.78 is 21.7. The van der Waals surface area contributed by atoms with E-state index in [1.165, 1.54) is 6.07 Å². The average Bonchev–Trinajstić information content (AvgIpc) is 2.95. The number of carbonyl (C=O) groups excluding carboxylic acids is 2. The molecule has 9 heteroatoms. The topological polar surface area (TPSA) is 67.7 Å². The van der Waals surface area contributed by atoms with Crippen molar-refractivity contribution in [3.8, 4) is 0 Å². The van der Waals surface area contributed by atoms with Gasteiger partial charge in [0.1, 0.15) is 11.4 Å². The number of ether oxygens (including phenoxy) is 1. The van der Waals surface area contributed by atoms with Gasteiger partial charge in [-0.15, -0.1) is 0 Å². The van der Waals surface area contributed by atoms with Crippen LogP contribution in [0, 0.1) is 5.82 Å². The summed E-state index contributed by atoms with van der Waals surface area (Å²) in [5.41, 5.74) is 0.338. The molecule has 2 amide bonds. The third-order valence-corrected chi connectivity index (χ3v) is 5.63. The maximum Gasteiger partial charge on any atom is 0.410 e. The number of hydrogen-bond donors (Lipinski definition) is 0. The zero-order valence-electron chi connectivity index (χ0n) is 15.3. The predicted octanol–water partition coefficient (Wildman–Crippen LogP) is 3.01. The van der Waals surface area contributed by atoms with Crippen LogP contribution < -0.4 is 0 Å². The molecule has 0 radical (unpaired) electrons. The summed E-state index contributed by atoms with van der Waals surface area (Å²) in [6, 6.07) is 1.01. The Labute approximate surface area is 164 Å². The Morgan fingerprint density at radius 3 is 2.78 bits per heavy atom. The normalized spacial score (nSPS) is 19.9. The van der Waals surface area contributed by atoms with Crippen molar-refractivity contribution in [3.63, 3.8) is 0 Å². The second-order valence-electron chi connectivity index (χ2n) is 7.89. The molecule has 4 rings (SSSR count). The molecule has 0 bridgehead atoms. The van der Waals surface area contributed by atoms with Gasteiger partial charge in [0, 0.05) is 25.0 Å². The zero-order valence-corrected chi connectivity index (χ0v) is 16.9. The fourth-order valence-electron chi connectivity index (χ4n) is 3.64. The van der Waals surface area contributed by atoms with E-state index < -0.39 is 17.5 Å². The summed E-state index contributed by atoms with van der Waals surface area (Å²) >= 11 is 3.24. The van der Waals surface area contributed by atoms with E-state index in [1.807, 2.05) is 20.8 Å². The minimum atomic E-state index is -0.582. The summed E-state index contributed by atoms with van der Waals surface area (Å²) in [5, 5.41) is 4.92. The third-order valence-electron chi connectivity index (χ3n) is 4.82. The van der Waals surface area contributed by atoms with Crippen LogP contribution in [0.3, 0.4) is 0 Å². The van der Waals surface area contributed by atoms with Crippen LogP contribution >= 0.6 is 15.9 Å². The number of aromatic nitrogens is 2. The minimum absolute atomic E-state index is 0.237. The summed E-state index contributed by atoms with van der Waals surface area (Å²) in [7, 11) is 0. The Morgan fingerprint density at radius 2 is 2.07 bits per heavy atom. The molecule has 0 spiro atoms.